The number of carboxylic acid groups (broad SMARTS) is 1. The summed E-state index contributed by atoms with van der Waals surface area (Å²) in [4.78, 5) is 31.7. The summed E-state index contributed by atoms with van der Waals surface area (Å²) < 4.78 is 1.23. The van der Waals surface area contributed by atoms with Crippen molar-refractivity contribution in [3.63, 3.8) is 0 Å². The molecular weight excluding hydrogens is 290 g/mol. The Morgan fingerprint density at radius 1 is 1.29 bits per heavy atom. The van der Waals surface area contributed by atoms with Gasteiger partial charge >= 0.3 is 5.97 Å². The molecule has 1 N–H and O–H groups in total. The predicted octanol–water partition coefficient (Wildman–Crippen LogP) is 2.02. The van der Waals surface area contributed by atoms with Crippen molar-refractivity contribution in [1.29, 1.82) is 0 Å². The first-order valence-electron chi connectivity index (χ1n) is 5.99. The molecule has 0 aliphatic rings. The van der Waals surface area contributed by atoms with Crippen molar-refractivity contribution < 1.29 is 9.90 Å². The number of fused-ring (bicyclic) bond motifs is 1. The van der Waals surface area contributed by atoms with E-state index in [0.717, 1.165) is 17.0 Å². The summed E-state index contributed by atoms with van der Waals surface area (Å²) >= 11 is 0.958. The Hall–Kier alpha value is -2.80. The van der Waals surface area contributed by atoms with Crippen LogP contribution in [0.4, 0.5) is 0 Å². The van der Waals surface area contributed by atoms with E-state index < -0.39 is 5.97 Å². The first-order chi connectivity index (χ1) is 10.1. The molecule has 0 saturated heterocycles. The SMILES string of the molecule is O=C(O)c1cn2c(=O)cc(/C=C/c3ccccn3)nc2s1. The molecule has 0 unspecified atom stereocenters. The Labute approximate surface area is 122 Å². The zero-order valence-electron chi connectivity index (χ0n) is 10.6. The van der Waals surface area contributed by atoms with E-state index in [9.17, 15) is 9.59 Å². The Bertz CT molecular complexity index is 897. The van der Waals surface area contributed by atoms with Crippen molar-refractivity contribution in [3.05, 3.63) is 63.3 Å². The Morgan fingerprint density at radius 2 is 2.10 bits per heavy atom. The molecule has 3 heterocycles. The van der Waals surface area contributed by atoms with Gasteiger partial charge in [-0.05, 0) is 24.3 Å². The number of rotatable bonds is 3. The van der Waals surface area contributed by atoms with Crippen LogP contribution in [0.25, 0.3) is 17.1 Å². The average molecular weight is 299 g/mol. The minimum Gasteiger partial charge on any atom is -0.477 e. The molecule has 3 aromatic rings. The highest BCUT2D eigenvalue weighted by Crippen LogP contribution is 2.15. The third-order valence-electron chi connectivity index (χ3n) is 2.71. The molecule has 3 rings (SSSR count). The molecule has 0 fully saturated rings. The van der Waals surface area contributed by atoms with Crippen molar-refractivity contribution >= 4 is 34.4 Å². The maximum absolute atomic E-state index is 11.9. The van der Waals surface area contributed by atoms with E-state index in [1.807, 2.05) is 18.2 Å². The summed E-state index contributed by atoms with van der Waals surface area (Å²) in [6, 6.07) is 6.85. The molecule has 3 aromatic heterocycles. The minimum absolute atomic E-state index is 0.0745. The third-order valence-corrected chi connectivity index (χ3v) is 3.68. The van der Waals surface area contributed by atoms with Crippen molar-refractivity contribution in [2.75, 3.05) is 0 Å². The van der Waals surface area contributed by atoms with Crippen LogP contribution in [0.3, 0.4) is 0 Å². The molecular formula is C14H9N3O3S. The van der Waals surface area contributed by atoms with Gasteiger partial charge in [-0.25, -0.2) is 9.78 Å². The maximum atomic E-state index is 11.9. The molecule has 0 saturated carbocycles. The molecule has 104 valence electrons. The van der Waals surface area contributed by atoms with Crippen molar-refractivity contribution in [2.45, 2.75) is 0 Å². The van der Waals surface area contributed by atoms with Gasteiger partial charge in [0.05, 0.1) is 11.4 Å². The Balaban J connectivity index is 2.02. The second kappa shape index (κ2) is 5.29. The average Bonchev–Trinajstić information content (AvgIpc) is 2.91. The van der Waals surface area contributed by atoms with Crippen LogP contribution in [0, 0.1) is 0 Å². The predicted molar refractivity (Wildman–Crippen MR) is 79.5 cm³/mol. The molecule has 0 aromatic carbocycles. The first-order valence-corrected chi connectivity index (χ1v) is 6.81. The van der Waals surface area contributed by atoms with Gasteiger partial charge in [0.15, 0.2) is 4.96 Å². The van der Waals surface area contributed by atoms with Gasteiger partial charge in [-0.15, -0.1) is 0 Å². The summed E-state index contributed by atoms with van der Waals surface area (Å²) in [5.41, 5.74) is 0.894. The first kappa shape index (κ1) is 13.2. The van der Waals surface area contributed by atoms with Gasteiger partial charge in [0.25, 0.3) is 5.56 Å². The van der Waals surface area contributed by atoms with Crippen LogP contribution < -0.4 is 5.56 Å². The van der Waals surface area contributed by atoms with Crippen LogP contribution in [-0.2, 0) is 0 Å². The summed E-state index contributed by atoms with van der Waals surface area (Å²) in [6.07, 6.45) is 6.36. The van der Waals surface area contributed by atoms with E-state index in [0.29, 0.717) is 10.7 Å². The zero-order chi connectivity index (χ0) is 14.8. The normalized spacial score (nSPS) is 11.2. The number of carbonyl (C=O) groups is 1. The van der Waals surface area contributed by atoms with Gasteiger partial charge in [0.1, 0.15) is 4.88 Å². The van der Waals surface area contributed by atoms with Crippen LogP contribution in [0.2, 0.25) is 0 Å². The fourth-order valence-electron chi connectivity index (χ4n) is 1.75. The number of pyridine rings is 1. The highest BCUT2D eigenvalue weighted by atomic mass is 32.1. The number of nitrogens with zero attached hydrogens (tertiary/aromatic N) is 3. The lowest BCUT2D eigenvalue weighted by molar-refractivity contribution is 0.0702. The third kappa shape index (κ3) is 2.72. The van der Waals surface area contributed by atoms with Crippen molar-refractivity contribution in [1.82, 2.24) is 14.4 Å². The highest BCUT2D eigenvalue weighted by Gasteiger charge is 2.11. The smallest absolute Gasteiger partial charge is 0.347 e. The fraction of sp³-hybridized carbons (Fsp3) is 0. The summed E-state index contributed by atoms with van der Waals surface area (Å²) in [5.74, 6) is -1.07. The quantitative estimate of drug-likeness (QED) is 0.799. The molecule has 0 atom stereocenters. The van der Waals surface area contributed by atoms with Gasteiger partial charge in [0, 0.05) is 18.5 Å². The number of thiazole rings is 1. The molecule has 0 aliphatic heterocycles. The van der Waals surface area contributed by atoms with E-state index in [2.05, 4.69) is 9.97 Å². The minimum atomic E-state index is -1.07. The van der Waals surface area contributed by atoms with Crippen molar-refractivity contribution in [2.24, 2.45) is 0 Å². The Morgan fingerprint density at radius 3 is 2.81 bits per heavy atom. The monoisotopic (exact) mass is 299 g/mol. The van der Waals surface area contributed by atoms with E-state index in [1.165, 1.54) is 16.7 Å². The lowest BCUT2D eigenvalue weighted by atomic mass is 10.3. The molecule has 7 heteroatoms. The number of aromatic nitrogens is 3. The van der Waals surface area contributed by atoms with Gasteiger partial charge in [0.2, 0.25) is 0 Å². The summed E-state index contributed by atoms with van der Waals surface area (Å²) in [6.45, 7) is 0. The molecule has 0 bridgehead atoms. The van der Waals surface area contributed by atoms with Crippen LogP contribution in [0.1, 0.15) is 21.1 Å². The summed E-state index contributed by atoms with van der Waals surface area (Å²) in [5, 5.41) is 8.94. The van der Waals surface area contributed by atoms with Gasteiger partial charge in [-0.3, -0.25) is 14.2 Å². The maximum Gasteiger partial charge on any atom is 0.347 e. The fourth-order valence-corrected chi connectivity index (χ4v) is 2.58. The van der Waals surface area contributed by atoms with Crippen LogP contribution >= 0.6 is 11.3 Å². The number of aromatic carboxylic acids is 1. The lowest BCUT2D eigenvalue weighted by Gasteiger charge is -1.94. The van der Waals surface area contributed by atoms with Crippen LogP contribution in [-0.4, -0.2) is 25.4 Å². The molecule has 0 radical (unpaired) electrons. The van der Waals surface area contributed by atoms with Gasteiger partial charge < -0.3 is 5.11 Å². The molecule has 0 aliphatic carbocycles. The van der Waals surface area contributed by atoms with Crippen molar-refractivity contribution in [3.8, 4) is 0 Å². The van der Waals surface area contributed by atoms with E-state index in [4.69, 9.17) is 5.11 Å². The van der Waals surface area contributed by atoms with Gasteiger partial charge in [-0.2, -0.15) is 0 Å². The standard InChI is InChI=1S/C14H9N3O3S/c18-12-7-10(5-4-9-3-1-2-6-15-9)16-14-17(12)8-11(21-14)13(19)20/h1-8H,(H,19,20)/b5-4+. The number of hydrogen-bond acceptors (Lipinski definition) is 5. The van der Waals surface area contributed by atoms with E-state index in [-0.39, 0.29) is 10.4 Å². The molecule has 6 nitrogen and oxygen atoms in total. The van der Waals surface area contributed by atoms with Crippen LogP contribution in [0.5, 0.6) is 0 Å². The molecule has 0 spiro atoms. The Kier molecular flexibility index (Phi) is 3.33. The largest absolute Gasteiger partial charge is 0.477 e. The van der Waals surface area contributed by atoms with E-state index >= 15 is 0 Å². The molecule has 0 amide bonds. The topological polar surface area (TPSA) is 84.6 Å². The number of hydrogen-bond donors (Lipinski definition) is 1. The summed E-state index contributed by atoms with van der Waals surface area (Å²) in [7, 11) is 0. The highest BCUT2D eigenvalue weighted by molar-refractivity contribution is 7.18. The van der Waals surface area contributed by atoms with E-state index in [1.54, 1.807) is 18.3 Å². The molecule has 21 heavy (non-hydrogen) atoms. The van der Waals surface area contributed by atoms with Gasteiger partial charge in [-0.1, -0.05) is 17.4 Å². The van der Waals surface area contributed by atoms with Crippen LogP contribution in [0.15, 0.2) is 41.5 Å². The second-order valence-corrected chi connectivity index (χ2v) is 5.17. The second-order valence-electron chi connectivity index (χ2n) is 4.16. The zero-order valence-corrected chi connectivity index (χ0v) is 11.4. The lowest BCUT2D eigenvalue weighted by Crippen LogP contribution is -2.11. The number of carboxylic acids is 1.